The Morgan fingerprint density at radius 2 is 2.06 bits per heavy atom. The molecule has 1 amide bonds. The molecule has 17 heavy (non-hydrogen) atoms. The number of methoxy groups -OCH3 is 1. The van der Waals surface area contributed by atoms with Gasteiger partial charge in [0, 0.05) is 0 Å². The third kappa shape index (κ3) is 2.93. The number of ether oxygens (including phenoxy) is 2. The predicted octanol–water partition coefficient (Wildman–Crippen LogP) is 0.865. The highest BCUT2D eigenvalue weighted by Crippen LogP contribution is 2.22. The second-order valence-corrected chi connectivity index (χ2v) is 3.26. The number of hydrogen-bond acceptors (Lipinski definition) is 4. The minimum atomic E-state index is -0.963. The van der Waals surface area contributed by atoms with Crippen molar-refractivity contribution in [1.29, 1.82) is 0 Å². The van der Waals surface area contributed by atoms with Crippen LogP contribution >= 0.6 is 0 Å². The van der Waals surface area contributed by atoms with E-state index in [4.69, 9.17) is 10.5 Å². The number of esters is 1. The van der Waals surface area contributed by atoms with Gasteiger partial charge in [-0.3, -0.25) is 4.79 Å². The van der Waals surface area contributed by atoms with Crippen molar-refractivity contribution in [2.45, 2.75) is 13.0 Å². The molecule has 0 aliphatic carbocycles. The molecule has 0 aliphatic rings. The summed E-state index contributed by atoms with van der Waals surface area (Å²) in [6.45, 7) is 1.42. The fraction of sp³-hybridized carbons (Fsp3) is 0.273. The Morgan fingerprint density at radius 3 is 2.59 bits per heavy atom. The van der Waals surface area contributed by atoms with E-state index in [1.807, 2.05) is 0 Å². The summed E-state index contributed by atoms with van der Waals surface area (Å²) >= 11 is 0. The molecule has 0 fully saturated rings. The molecule has 0 unspecified atom stereocenters. The van der Waals surface area contributed by atoms with Gasteiger partial charge in [0.05, 0.1) is 7.11 Å². The van der Waals surface area contributed by atoms with Gasteiger partial charge in [-0.2, -0.15) is 0 Å². The van der Waals surface area contributed by atoms with E-state index in [-0.39, 0.29) is 11.3 Å². The van der Waals surface area contributed by atoms with Crippen molar-refractivity contribution < 1.29 is 23.5 Å². The van der Waals surface area contributed by atoms with Crippen molar-refractivity contribution in [1.82, 2.24) is 0 Å². The van der Waals surface area contributed by atoms with Gasteiger partial charge in [-0.1, -0.05) is 6.07 Å². The van der Waals surface area contributed by atoms with E-state index in [0.29, 0.717) is 0 Å². The standard InChI is InChI=1S/C11H12FNO4/c1-6(11(15)16-2)17-8-5-3-4-7(12)9(8)10(13)14/h3-6H,1-2H3,(H2,13,14)/t6-/m1/s1. The molecule has 0 aromatic heterocycles. The molecule has 0 spiro atoms. The van der Waals surface area contributed by atoms with Gasteiger partial charge in [-0.15, -0.1) is 0 Å². The van der Waals surface area contributed by atoms with Gasteiger partial charge >= 0.3 is 5.97 Å². The third-order valence-corrected chi connectivity index (χ3v) is 2.06. The normalized spacial score (nSPS) is 11.7. The van der Waals surface area contributed by atoms with Gasteiger partial charge in [0.15, 0.2) is 6.10 Å². The molecule has 1 rings (SSSR count). The Hall–Kier alpha value is -2.11. The molecule has 0 heterocycles. The molecular weight excluding hydrogens is 229 g/mol. The maximum Gasteiger partial charge on any atom is 0.346 e. The van der Waals surface area contributed by atoms with Crippen LogP contribution < -0.4 is 10.5 Å². The van der Waals surface area contributed by atoms with E-state index in [1.54, 1.807) is 0 Å². The van der Waals surface area contributed by atoms with Crippen molar-refractivity contribution in [2.24, 2.45) is 5.73 Å². The second-order valence-electron chi connectivity index (χ2n) is 3.26. The fourth-order valence-electron chi connectivity index (χ4n) is 1.25. The zero-order chi connectivity index (χ0) is 13.0. The van der Waals surface area contributed by atoms with Gasteiger partial charge in [-0.25, -0.2) is 9.18 Å². The molecule has 2 N–H and O–H groups in total. The molecule has 5 nitrogen and oxygen atoms in total. The highest BCUT2D eigenvalue weighted by Gasteiger charge is 2.20. The fourth-order valence-corrected chi connectivity index (χ4v) is 1.25. The average molecular weight is 241 g/mol. The van der Waals surface area contributed by atoms with Gasteiger partial charge in [0.1, 0.15) is 17.1 Å². The second kappa shape index (κ2) is 5.29. The van der Waals surface area contributed by atoms with Crippen LogP contribution in [0.5, 0.6) is 5.75 Å². The van der Waals surface area contributed by atoms with Crippen molar-refractivity contribution in [2.75, 3.05) is 7.11 Å². The third-order valence-electron chi connectivity index (χ3n) is 2.06. The Morgan fingerprint density at radius 1 is 1.41 bits per heavy atom. The van der Waals surface area contributed by atoms with Crippen molar-refractivity contribution in [3.8, 4) is 5.75 Å². The highest BCUT2D eigenvalue weighted by molar-refractivity contribution is 5.96. The molecule has 92 valence electrons. The molecular formula is C11H12FNO4. The molecule has 0 bridgehead atoms. The topological polar surface area (TPSA) is 78.6 Å². The summed E-state index contributed by atoms with van der Waals surface area (Å²) in [6.07, 6.45) is -0.958. The molecule has 6 heteroatoms. The van der Waals surface area contributed by atoms with E-state index in [0.717, 1.165) is 6.07 Å². The highest BCUT2D eigenvalue weighted by atomic mass is 19.1. The molecule has 1 aromatic carbocycles. The average Bonchev–Trinajstić information content (AvgIpc) is 2.27. The largest absolute Gasteiger partial charge is 0.478 e. The number of hydrogen-bond donors (Lipinski definition) is 1. The van der Waals surface area contributed by atoms with Crippen LogP contribution in [0.4, 0.5) is 4.39 Å². The first-order chi connectivity index (χ1) is 7.97. The van der Waals surface area contributed by atoms with Gasteiger partial charge in [0.25, 0.3) is 5.91 Å². The molecule has 1 atom stereocenters. The van der Waals surface area contributed by atoms with Gasteiger partial charge in [0.2, 0.25) is 0 Å². The smallest absolute Gasteiger partial charge is 0.346 e. The molecule has 0 radical (unpaired) electrons. The van der Waals surface area contributed by atoms with Crippen LogP contribution in [0.15, 0.2) is 18.2 Å². The molecule has 1 aromatic rings. The maximum absolute atomic E-state index is 13.3. The first kappa shape index (κ1) is 13.0. The van der Waals surface area contributed by atoms with Crippen molar-refractivity contribution in [3.05, 3.63) is 29.6 Å². The minimum absolute atomic E-state index is 0.0876. The summed E-state index contributed by atoms with van der Waals surface area (Å²) in [5, 5.41) is 0. The van der Waals surface area contributed by atoms with Crippen LogP contribution in [0.2, 0.25) is 0 Å². The van der Waals surface area contributed by atoms with Crippen LogP contribution in [0.25, 0.3) is 0 Å². The number of rotatable bonds is 4. The van der Waals surface area contributed by atoms with Crippen LogP contribution in [-0.4, -0.2) is 25.1 Å². The van der Waals surface area contributed by atoms with Crippen molar-refractivity contribution in [3.63, 3.8) is 0 Å². The lowest BCUT2D eigenvalue weighted by Crippen LogP contribution is -2.26. The summed E-state index contributed by atoms with van der Waals surface area (Å²) in [7, 11) is 1.20. The minimum Gasteiger partial charge on any atom is -0.478 e. The number of amides is 1. The van der Waals surface area contributed by atoms with E-state index in [2.05, 4.69) is 4.74 Å². The van der Waals surface area contributed by atoms with Gasteiger partial charge < -0.3 is 15.2 Å². The molecule has 0 saturated heterocycles. The number of halogens is 1. The van der Waals surface area contributed by atoms with Crippen LogP contribution in [0.1, 0.15) is 17.3 Å². The van der Waals surface area contributed by atoms with E-state index in [1.165, 1.54) is 26.2 Å². The summed E-state index contributed by atoms with van der Waals surface area (Å²) in [4.78, 5) is 22.2. The lowest BCUT2D eigenvalue weighted by molar-refractivity contribution is -0.147. The number of benzene rings is 1. The summed E-state index contributed by atoms with van der Waals surface area (Å²) in [5.41, 5.74) is 4.64. The van der Waals surface area contributed by atoms with Crippen molar-refractivity contribution >= 4 is 11.9 Å². The quantitative estimate of drug-likeness (QED) is 0.793. The lowest BCUT2D eigenvalue weighted by atomic mass is 10.2. The molecule has 0 saturated carbocycles. The zero-order valence-corrected chi connectivity index (χ0v) is 9.40. The SMILES string of the molecule is COC(=O)[C@@H](C)Oc1cccc(F)c1C(N)=O. The Kier molecular flexibility index (Phi) is 4.03. The molecule has 0 aliphatic heterocycles. The Balaban J connectivity index is 3.02. The summed E-state index contributed by atoms with van der Waals surface area (Å²) in [6, 6.07) is 3.78. The number of carbonyl (C=O) groups excluding carboxylic acids is 2. The Bertz CT molecular complexity index is 447. The van der Waals surface area contributed by atoms with E-state index < -0.39 is 23.8 Å². The number of primary amides is 1. The number of carbonyl (C=O) groups is 2. The maximum atomic E-state index is 13.3. The number of nitrogens with two attached hydrogens (primary N) is 1. The van der Waals surface area contributed by atoms with E-state index in [9.17, 15) is 14.0 Å². The first-order valence-electron chi connectivity index (χ1n) is 4.80. The predicted molar refractivity (Wildman–Crippen MR) is 57.0 cm³/mol. The first-order valence-corrected chi connectivity index (χ1v) is 4.80. The van der Waals surface area contributed by atoms with Gasteiger partial charge in [-0.05, 0) is 19.1 Å². The van der Waals surface area contributed by atoms with E-state index >= 15 is 0 Å². The summed E-state index contributed by atoms with van der Waals surface area (Å²) in [5.74, 6) is -2.48. The monoisotopic (exact) mass is 241 g/mol. The summed E-state index contributed by atoms with van der Waals surface area (Å²) < 4.78 is 22.9. The zero-order valence-electron chi connectivity index (χ0n) is 9.40. The van der Waals surface area contributed by atoms with Crippen LogP contribution in [-0.2, 0) is 9.53 Å². The van der Waals surface area contributed by atoms with Crippen LogP contribution in [0.3, 0.4) is 0 Å². The van der Waals surface area contributed by atoms with Crippen LogP contribution in [0, 0.1) is 5.82 Å². The Labute approximate surface area is 97.3 Å². The lowest BCUT2D eigenvalue weighted by Gasteiger charge is -2.14.